The van der Waals surface area contributed by atoms with Crippen molar-refractivity contribution < 1.29 is 32.0 Å². The Bertz CT molecular complexity index is 786. The van der Waals surface area contributed by atoms with Gasteiger partial charge in [0, 0.05) is 6.32 Å². The molecule has 1 fully saturated rings. The lowest BCUT2D eigenvalue weighted by molar-refractivity contribution is -0.274. The number of rotatable bonds is 5. The predicted octanol–water partition coefficient (Wildman–Crippen LogP) is 5.55. The van der Waals surface area contributed by atoms with E-state index in [0.29, 0.717) is 17.8 Å². The van der Waals surface area contributed by atoms with Crippen LogP contribution in [-0.2, 0) is 15.6 Å². The van der Waals surface area contributed by atoms with Gasteiger partial charge in [-0.2, -0.15) is 0 Å². The third-order valence-corrected chi connectivity index (χ3v) is 4.92. The molecule has 0 radical (unpaired) electrons. The summed E-state index contributed by atoms with van der Waals surface area (Å²) in [4.78, 5) is 0. The van der Waals surface area contributed by atoms with E-state index in [0.717, 1.165) is 5.56 Å². The van der Waals surface area contributed by atoms with Gasteiger partial charge in [-0.1, -0.05) is 12.1 Å². The molecule has 0 saturated carbocycles. The second-order valence-corrected chi connectivity index (χ2v) is 7.66. The summed E-state index contributed by atoms with van der Waals surface area (Å²) >= 11 is 0. The van der Waals surface area contributed by atoms with Crippen molar-refractivity contribution >= 4 is 7.12 Å². The highest BCUT2D eigenvalue weighted by molar-refractivity contribution is 6.45. The minimum absolute atomic E-state index is 0.294. The van der Waals surface area contributed by atoms with Crippen LogP contribution in [-0.4, -0.2) is 24.7 Å². The Labute approximate surface area is 162 Å². The molecule has 0 unspecified atom stereocenters. The zero-order valence-corrected chi connectivity index (χ0v) is 16.2. The lowest BCUT2D eigenvalue weighted by Crippen LogP contribution is -2.41. The van der Waals surface area contributed by atoms with Crippen LogP contribution in [0.3, 0.4) is 0 Å². The minimum Gasteiger partial charge on any atom is -0.457 e. The van der Waals surface area contributed by atoms with Crippen LogP contribution in [0.25, 0.3) is 0 Å². The summed E-state index contributed by atoms with van der Waals surface area (Å²) in [6, 6.07) is 12.6. The Morgan fingerprint density at radius 2 is 1.21 bits per heavy atom. The zero-order valence-electron chi connectivity index (χ0n) is 16.2. The molecule has 1 aliphatic rings. The number of hydrogen-bond donors (Lipinski definition) is 0. The monoisotopic (exact) mass is 394 g/mol. The van der Waals surface area contributed by atoms with E-state index >= 15 is 0 Å². The highest BCUT2D eigenvalue weighted by Crippen LogP contribution is 2.37. The van der Waals surface area contributed by atoms with Crippen molar-refractivity contribution in [3.8, 4) is 17.2 Å². The van der Waals surface area contributed by atoms with E-state index in [-0.39, 0.29) is 24.1 Å². The highest BCUT2D eigenvalue weighted by atomic mass is 19.4. The molecule has 0 amide bonds. The van der Waals surface area contributed by atoms with Gasteiger partial charge < -0.3 is 18.8 Å². The molecular formula is C20H22BF3O4. The number of halogens is 3. The second kappa shape index (κ2) is 7.33. The molecule has 0 spiro atoms. The molecule has 0 N–H and O–H groups in total. The molecule has 2 aromatic carbocycles. The predicted molar refractivity (Wildman–Crippen MR) is 99.4 cm³/mol. The number of benzene rings is 2. The molecule has 1 saturated heterocycles. The van der Waals surface area contributed by atoms with Crippen molar-refractivity contribution in [2.45, 2.75) is 51.6 Å². The van der Waals surface area contributed by atoms with E-state index in [9.17, 15) is 13.2 Å². The Morgan fingerprint density at radius 1 is 0.786 bits per heavy atom. The van der Waals surface area contributed by atoms with Crippen LogP contribution in [0.4, 0.5) is 13.2 Å². The largest absolute Gasteiger partial charge is 0.573 e. The number of ether oxygens (including phenoxy) is 2. The van der Waals surface area contributed by atoms with Crippen molar-refractivity contribution in [3.05, 3.63) is 54.1 Å². The lowest BCUT2D eigenvalue weighted by Gasteiger charge is -2.32. The van der Waals surface area contributed by atoms with Crippen LogP contribution in [0.2, 0.25) is 0 Å². The molecule has 1 heterocycles. The van der Waals surface area contributed by atoms with Crippen LogP contribution in [0.1, 0.15) is 33.3 Å². The van der Waals surface area contributed by atoms with Gasteiger partial charge in [-0.25, -0.2) is 0 Å². The van der Waals surface area contributed by atoms with Gasteiger partial charge in [0.1, 0.15) is 17.2 Å². The van der Waals surface area contributed by atoms with Crippen molar-refractivity contribution in [1.29, 1.82) is 0 Å². The second-order valence-electron chi connectivity index (χ2n) is 7.66. The van der Waals surface area contributed by atoms with E-state index in [1.165, 1.54) is 24.3 Å². The Kier molecular flexibility index (Phi) is 5.38. The van der Waals surface area contributed by atoms with E-state index in [4.69, 9.17) is 14.0 Å². The molecule has 4 nitrogen and oxygen atoms in total. The molecule has 0 atom stereocenters. The quantitative estimate of drug-likeness (QED) is 0.623. The van der Waals surface area contributed by atoms with Crippen LogP contribution >= 0.6 is 0 Å². The fourth-order valence-electron chi connectivity index (χ4n) is 2.78. The standard InChI is InChI=1S/C20H22BF3O4/c1-18(2)19(3,4)28-21(27-18)13-14-5-7-15(8-6-14)25-16-9-11-17(12-10-16)26-20(22,23)24/h5-12H,13H2,1-4H3. The van der Waals surface area contributed by atoms with Gasteiger partial charge in [0.15, 0.2) is 0 Å². The fourth-order valence-corrected chi connectivity index (χ4v) is 2.78. The topological polar surface area (TPSA) is 36.9 Å². The summed E-state index contributed by atoms with van der Waals surface area (Å²) < 4.78 is 58.0. The maximum Gasteiger partial charge on any atom is 0.573 e. The van der Waals surface area contributed by atoms with Crippen molar-refractivity contribution in [2.75, 3.05) is 0 Å². The van der Waals surface area contributed by atoms with E-state index in [2.05, 4.69) is 4.74 Å². The zero-order chi connectivity index (χ0) is 20.6. The molecule has 150 valence electrons. The van der Waals surface area contributed by atoms with Crippen LogP contribution in [0.5, 0.6) is 17.2 Å². The average Bonchev–Trinajstić information content (AvgIpc) is 2.76. The van der Waals surface area contributed by atoms with Gasteiger partial charge in [-0.3, -0.25) is 0 Å². The summed E-state index contributed by atoms with van der Waals surface area (Å²) in [5.74, 6) is 0.688. The van der Waals surface area contributed by atoms with Crippen molar-refractivity contribution in [1.82, 2.24) is 0 Å². The summed E-state index contributed by atoms with van der Waals surface area (Å²) in [6.07, 6.45) is -4.11. The number of alkyl halides is 3. The van der Waals surface area contributed by atoms with E-state index in [1.807, 2.05) is 39.8 Å². The summed E-state index contributed by atoms with van der Waals surface area (Å²) in [6.45, 7) is 8.04. The third-order valence-electron chi connectivity index (χ3n) is 4.92. The fraction of sp³-hybridized carbons (Fsp3) is 0.400. The molecule has 1 aliphatic heterocycles. The lowest BCUT2D eigenvalue weighted by atomic mass is 9.81. The normalized spacial score (nSPS) is 18.2. The first-order valence-corrected chi connectivity index (χ1v) is 8.92. The van der Waals surface area contributed by atoms with Gasteiger partial charge in [-0.05, 0) is 69.7 Å². The minimum atomic E-state index is -4.71. The molecular weight excluding hydrogens is 372 g/mol. The van der Waals surface area contributed by atoms with Crippen molar-refractivity contribution in [2.24, 2.45) is 0 Å². The van der Waals surface area contributed by atoms with Gasteiger partial charge in [0.2, 0.25) is 0 Å². The first-order chi connectivity index (χ1) is 12.9. The maximum atomic E-state index is 12.2. The highest BCUT2D eigenvalue weighted by Gasteiger charge is 2.50. The van der Waals surface area contributed by atoms with Gasteiger partial charge in [-0.15, -0.1) is 13.2 Å². The summed E-state index contributed by atoms with van der Waals surface area (Å²) in [7, 11) is -0.321. The maximum absolute atomic E-state index is 12.2. The molecule has 0 aliphatic carbocycles. The van der Waals surface area contributed by atoms with E-state index < -0.39 is 6.36 Å². The third kappa shape index (κ3) is 5.00. The molecule has 3 rings (SSSR count). The Morgan fingerprint density at radius 3 is 1.68 bits per heavy atom. The molecule has 2 aromatic rings. The van der Waals surface area contributed by atoms with Crippen molar-refractivity contribution in [3.63, 3.8) is 0 Å². The first-order valence-electron chi connectivity index (χ1n) is 8.92. The molecule has 0 aromatic heterocycles. The molecule has 8 heteroatoms. The number of hydrogen-bond acceptors (Lipinski definition) is 4. The smallest absolute Gasteiger partial charge is 0.457 e. The van der Waals surface area contributed by atoms with Gasteiger partial charge in [0.25, 0.3) is 0 Å². The van der Waals surface area contributed by atoms with Crippen LogP contribution in [0.15, 0.2) is 48.5 Å². The van der Waals surface area contributed by atoms with Gasteiger partial charge in [0.05, 0.1) is 11.2 Å². The van der Waals surface area contributed by atoms with Crippen LogP contribution < -0.4 is 9.47 Å². The van der Waals surface area contributed by atoms with Gasteiger partial charge >= 0.3 is 13.5 Å². The Balaban J connectivity index is 1.58. The molecule has 28 heavy (non-hydrogen) atoms. The summed E-state index contributed by atoms with van der Waals surface area (Å²) in [5.41, 5.74) is 0.283. The average molecular weight is 394 g/mol. The van der Waals surface area contributed by atoms with E-state index in [1.54, 1.807) is 12.1 Å². The summed E-state index contributed by atoms with van der Waals surface area (Å²) in [5, 5.41) is 0. The molecule has 0 bridgehead atoms. The first kappa shape index (κ1) is 20.5. The SMILES string of the molecule is CC1(C)OB(Cc2ccc(Oc3ccc(OC(F)(F)F)cc3)cc2)OC1(C)C. The van der Waals surface area contributed by atoms with Crippen LogP contribution in [0, 0.1) is 0 Å². The Hall–Kier alpha value is -2.19.